The van der Waals surface area contributed by atoms with E-state index in [1.165, 1.54) is 334 Å². The van der Waals surface area contributed by atoms with Crippen LogP contribution in [0.5, 0.6) is 0 Å². The molecule has 0 N–H and O–H groups in total. The SMILES string of the molecule is CCCCCCCCCCCCCCCCCCCCCC(=O)OC(OC(=O)CCCCCCC)(OC(=O)CCCCCCCCCCCCCCCCCCCCC)C(COC(=O)CCCCCCC)(COC(=O)CCCCCCC)C(OC(=O)CCCCCCC)(OC(=O)CCCCCCCCCCCCCCCCCCCCC)OC(=O)CCCCCCCCCCCCCCCCCCCCC. The molecule has 0 aromatic heterocycles. The first-order valence-electron chi connectivity index (χ1n) is 62.8. The van der Waals surface area contributed by atoms with E-state index in [1.807, 2.05) is 0 Å². The second-order valence-electron chi connectivity index (χ2n) is 43.5. The Hall–Kier alpha value is -4.24. The van der Waals surface area contributed by atoms with Crippen molar-refractivity contribution in [2.75, 3.05) is 13.2 Å². The van der Waals surface area contributed by atoms with Gasteiger partial charge in [-0.3, -0.25) is 38.4 Å². The molecule has 0 unspecified atom stereocenters. The van der Waals surface area contributed by atoms with Crippen molar-refractivity contribution in [1.82, 2.24) is 0 Å². The third-order valence-electron chi connectivity index (χ3n) is 29.5. The van der Waals surface area contributed by atoms with Gasteiger partial charge in [-0.05, 0) is 51.4 Å². The van der Waals surface area contributed by atoms with Crippen LogP contribution in [0.3, 0.4) is 0 Å². The summed E-state index contributed by atoms with van der Waals surface area (Å²) in [6.07, 6.45) is 99.5. The fourth-order valence-electron chi connectivity index (χ4n) is 19.9. The molecule has 0 aliphatic heterocycles. The van der Waals surface area contributed by atoms with Gasteiger partial charge in [-0.2, -0.15) is 0 Å². The van der Waals surface area contributed by atoms with Gasteiger partial charge in [0.15, 0.2) is 0 Å². The predicted octanol–water partition coefficient (Wildman–Crippen LogP) is 40.4. The maximum atomic E-state index is 15.9. The maximum absolute atomic E-state index is 15.9. The molecule has 0 spiro atoms. The lowest BCUT2D eigenvalue weighted by Gasteiger charge is -2.50. The van der Waals surface area contributed by atoms with Crippen molar-refractivity contribution >= 4 is 47.8 Å². The molecule has 0 amide bonds. The molecule has 0 aliphatic rings. The summed E-state index contributed by atoms with van der Waals surface area (Å²) in [6, 6.07) is 0. The summed E-state index contributed by atoms with van der Waals surface area (Å²) in [5, 5.41) is 0. The van der Waals surface area contributed by atoms with Crippen LogP contribution in [0.1, 0.15) is 723 Å². The summed E-state index contributed by atoms with van der Waals surface area (Å²) >= 11 is 0. The summed E-state index contributed by atoms with van der Waals surface area (Å²) < 4.78 is 54.4. The third kappa shape index (κ3) is 86.3. The average molecular weight is 2000 g/mol. The van der Waals surface area contributed by atoms with E-state index in [1.54, 1.807) is 0 Å². The van der Waals surface area contributed by atoms with E-state index in [4.69, 9.17) is 37.9 Å². The minimum atomic E-state index is -3.63. The highest BCUT2D eigenvalue weighted by molar-refractivity contribution is 5.77. The molecule has 16 heteroatoms. The topological polar surface area (TPSA) is 210 Å². The predicted molar refractivity (Wildman–Crippen MR) is 592 cm³/mol. The minimum Gasteiger partial charge on any atom is -0.464 e. The van der Waals surface area contributed by atoms with Crippen molar-refractivity contribution in [3.05, 3.63) is 0 Å². The minimum absolute atomic E-state index is 0.150. The van der Waals surface area contributed by atoms with Gasteiger partial charge in [0.25, 0.3) is 5.41 Å². The Morgan fingerprint density at radius 2 is 0.206 bits per heavy atom. The van der Waals surface area contributed by atoms with E-state index in [0.717, 1.165) is 180 Å². The lowest BCUT2D eigenvalue weighted by atomic mass is 9.81. The largest absolute Gasteiger partial charge is 0.464 e. The number of rotatable bonds is 116. The summed E-state index contributed by atoms with van der Waals surface area (Å²) in [5.41, 5.74) is -3.26. The molecule has 0 radical (unpaired) electrons. The van der Waals surface area contributed by atoms with Crippen LogP contribution in [-0.2, 0) is 76.3 Å². The summed E-state index contributed by atoms with van der Waals surface area (Å²) in [7, 11) is 0. The zero-order valence-corrected chi connectivity index (χ0v) is 95.0. The van der Waals surface area contributed by atoms with Gasteiger partial charge in [0.05, 0.1) is 0 Å². The van der Waals surface area contributed by atoms with Gasteiger partial charge >= 0.3 is 59.7 Å². The quantitative estimate of drug-likeness (QED) is 0.0240. The first kappa shape index (κ1) is 137. The van der Waals surface area contributed by atoms with Crippen molar-refractivity contribution < 1.29 is 76.3 Å². The van der Waals surface area contributed by atoms with Gasteiger partial charge in [-0.25, -0.2) is 0 Å². The summed E-state index contributed by atoms with van der Waals surface area (Å²) in [6.45, 7) is 15.0. The zero-order valence-electron chi connectivity index (χ0n) is 95.0. The van der Waals surface area contributed by atoms with Crippen LogP contribution in [0.4, 0.5) is 0 Å². The lowest BCUT2D eigenvalue weighted by molar-refractivity contribution is -0.480. The number of ether oxygens (including phenoxy) is 8. The van der Waals surface area contributed by atoms with Crippen molar-refractivity contribution in [3.63, 3.8) is 0 Å². The van der Waals surface area contributed by atoms with Crippen LogP contribution in [-0.4, -0.2) is 72.9 Å². The fourth-order valence-corrected chi connectivity index (χ4v) is 19.9. The van der Waals surface area contributed by atoms with Gasteiger partial charge in [0.2, 0.25) is 0 Å². The molecule has 0 atom stereocenters. The van der Waals surface area contributed by atoms with Gasteiger partial charge < -0.3 is 37.9 Å². The monoisotopic (exact) mass is 1990 g/mol. The van der Waals surface area contributed by atoms with E-state index >= 15 is 38.4 Å². The number of unbranched alkanes of at least 4 members (excludes halogenated alkanes) is 88. The molecular weight excluding hydrogens is 1760 g/mol. The molecule has 0 saturated heterocycles. The highest BCUT2D eigenvalue weighted by atomic mass is 16.9. The molecule has 141 heavy (non-hydrogen) atoms. The van der Waals surface area contributed by atoms with E-state index in [2.05, 4.69) is 55.4 Å². The van der Waals surface area contributed by atoms with Crippen LogP contribution in [0, 0.1) is 5.41 Å². The number of hydrogen-bond acceptors (Lipinski definition) is 16. The molecule has 832 valence electrons. The van der Waals surface area contributed by atoms with Crippen molar-refractivity contribution in [1.29, 1.82) is 0 Å². The molecule has 16 nitrogen and oxygen atoms in total. The number of carbonyl (C=O) groups excluding carboxylic acids is 8. The van der Waals surface area contributed by atoms with Gasteiger partial charge in [-0.15, -0.1) is 0 Å². The summed E-state index contributed by atoms with van der Waals surface area (Å²) in [4.78, 5) is 126. The lowest BCUT2D eigenvalue weighted by Crippen LogP contribution is -2.74. The van der Waals surface area contributed by atoms with E-state index in [0.29, 0.717) is 89.9 Å². The van der Waals surface area contributed by atoms with E-state index in [9.17, 15) is 0 Å². The normalized spacial score (nSPS) is 11.8. The van der Waals surface area contributed by atoms with Crippen molar-refractivity contribution in [2.45, 2.75) is 735 Å². The second-order valence-corrected chi connectivity index (χ2v) is 43.5. The Morgan fingerprint density at radius 1 is 0.121 bits per heavy atom. The fraction of sp³-hybridized carbons (Fsp3) is 0.936. The Labute approximate surface area is 872 Å². The highest BCUT2D eigenvalue weighted by Gasteiger charge is 2.81. The molecule has 0 heterocycles. The molecule has 0 rings (SSSR count). The molecule has 0 saturated carbocycles. The van der Waals surface area contributed by atoms with Crippen LogP contribution in [0.2, 0.25) is 0 Å². The molecule has 0 aromatic rings. The molecule has 0 aliphatic carbocycles. The molecule has 0 bridgehead atoms. The van der Waals surface area contributed by atoms with Crippen LogP contribution < -0.4 is 0 Å². The van der Waals surface area contributed by atoms with Crippen LogP contribution >= 0.6 is 0 Å². The first-order chi connectivity index (χ1) is 69.1. The first-order valence-corrected chi connectivity index (χ1v) is 62.8. The van der Waals surface area contributed by atoms with Crippen molar-refractivity contribution in [2.24, 2.45) is 5.41 Å². The smallest absolute Gasteiger partial charge is 0.448 e. The third-order valence-corrected chi connectivity index (χ3v) is 29.5. The number of carbonyl (C=O) groups is 8. The Kier molecular flexibility index (Phi) is 104. The number of esters is 8. The van der Waals surface area contributed by atoms with Gasteiger partial charge in [0.1, 0.15) is 13.2 Å². The zero-order chi connectivity index (χ0) is 103. The van der Waals surface area contributed by atoms with Crippen LogP contribution in [0.15, 0.2) is 0 Å². The Bertz CT molecular complexity index is 2440. The highest BCUT2D eigenvalue weighted by Crippen LogP contribution is 2.52. The Balaban J connectivity index is 8.67. The molecular formula is C125H236O16. The average Bonchev–Trinajstić information content (AvgIpc) is 0.708. The van der Waals surface area contributed by atoms with Gasteiger partial charge in [0, 0.05) is 51.4 Å². The van der Waals surface area contributed by atoms with E-state index < -0.39 is 78.3 Å². The maximum Gasteiger partial charge on any atom is 0.448 e. The van der Waals surface area contributed by atoms with Crippen LogP contribution in [0.25, 0.3) is 0 Å². The van der Waals surface area contributed by atoms with Gasteiger partial charge in [-0.1, -0.05) is 620 Å². The van der Waals surface area contributed by atoms with Crippen molar-refractivity contribution in [3.8, 4) is 0 Å². The number of hydrogen-bond donors (Lipinski definition) is 0. The Morgan fingerprint density at radius 3 is 0.305 bits per heavy atom. The van der Waals surface area contributed by atoms with E-state index in [-0.39, 0.29) is 64.2 Å². The second kappa shape index (κ2) is 107. The molecule has 0 aromatic carbocycles. The standard InChI is InChI=1S/C125H236O16/c1-9-17-25-33-37-41-45-49-53-57-61-65-69-73-77-81-85-93-101-109-119(130)138-124(136-117(128)107-99-91-31-23-15-7,139-120(131)110-102-94-86-82-78-74-70-66-62-58-54-50-46-42-38-34-26-18-10-2)123(113-134-115(126)105-97-89-29-21-13-5,114-135-116(127)106-98-90-30-22-14-6)125(137-118(129)108-100-92-32-24-16-8,140-121(132)111-103-95-87-83-79-75-71-67-63-59-55-51-47-43-39-35-27-19-11-3)141-122(133)112-104-96-88-84-80-76-72-68-64-60-56-52-48-44-40-36-28-20-12-4/h9-114H2,1-8H3. The molecule has 0 fully saturated rings. The summed E-state index contributed by atoms with van der Waals surface area (Å²) in [5.74, 6) is -15.1.